The molecular weight excluding hydrogens is 200 g/mol. The number of fused-ring (bicyclic) bond motifs is 1. The van der Waals surface area contributed by atoms with Crippen molar-refractivity contribution in [2.24, 2.45) is 4.99 Å². The van der Waals surface area contributed by atoms with E-state index in [1.165, 1.54) is 11.1 Å². The third-order valence-electron chi connectivity index (χ3n) is 2.93. The molecule has 0 fully saturated rings. The number of rotatable bonds is 2. The molecule has 0 aliphatic carbocycles. The summed E-state index contributed by atoms with van der Waals surface area (Å²) in [5, 5.41) is 3.24. The molecule has 3 nitrogen and oxygen atoms in total. The van der Waals surface area contributed by atoms with Gasteiger partial charge < -0.3 is 10.1 Å². The zero-order chi connectivity index (χ0) is 10.8. The fourth-order valence-electron chi connectivity index (χ4n) is 2.11. The van der Waals surface area contributed by atoms with Crippen molar-refractivity contribution in [1.82, 2.24) is 5.32 Å². The number of hydrogen-bond acceptors (Lipinski definition) is 3. The molecule has 16 heavy (non-hydrogen) atoms. The highest BCUT2D eigenvalue weighted by Crippen LogP contribution is 2.27. The average molecular weight is 214 g/mol. The highest BCUT2D eigenvalue weighted by atomic mass is 16.5. The first kappa shape index (κ1) is 9.46. The Morgan fingerprint density at radius 3 is 3.19 bits per heavy atom. The Morgan fingerprint density at radius 2 is 2.31 bits per heavy atom. The van der Waals surface area contributed by atoms with E-state index in [0.717, 1.165) is 18.7 Å². The van der Waals surface area contributed by atoms with Gasteiger partial charge in [-0.2, -0.15) is 0 Å². The first-order chi connectivity index (χ1) is 7.92. The lowest BCUT2D eigenvalue weighted by molar-refractivity contribution is 0.339. The number of hydrogen-bond donors (Lipinski definition) is 1. The molecule has 82 valence electrons. The smallest absolute Gasteiger partial charge is 0.127 e. The second-order valence-electron chi connectivity index (χ2n) is 4.19. The Balaban J connectivity index is 1.76. The van der Waals surface area contributed by atoms with E-state index < -0.39 is 0 Å². The Morgan fingerprint density at radius 1 is 1.38 bits per heavy atom. The maximum Gasteiger partial charge on any atom is 0.127 e. The van der Waals surface area contributed by atoms with Crippen molar-refractivity contribution in [1.29, 1.82) is 0 Å². The molecule has 0 unspecified atom stereocenters. The first-order valence-corrected chi connectivity index (χ1v) is 5.57. The van der Waals surface area contributed by atoms with Gasteiger partial charge in [0.1, 0.15) is 12.4 Å². The van der Waals surface area contributed by atoms with Gasteiger partial charge in [-0.15, -0.1) is 0 Å². The van der Waals surface area contributed by atoms with Gasteiger partial charge in [0.2, 0.25) is 0 Å². The van der Waals surface area contributed by atoms with E-state index in [4.69, 9.17) is 4.74 Å². The molecule has 0 amide bonds. The molecule has 0 saturated carbocycles. The topological polar surface area (TPSA) is 33.6 Å². The monoisotopic (exact) mass is 214 g/mol. The number of para-hydroxylation sites is 1. The lowest BCUT2D eigenvalue weighted by atomic mass is 10.0. The van der Waals surface area contributed by atoms with Gasteiger partial charge in [-0.05, 0) is 24.1 Å². The molecule has 2 heterocycles. The lowest BCUT2D eigenvalue weighted by Crippen LogP contribution is -2.26. The summed E-state index contributed by atoms with van der Waals surface area (Å²) in [7, 11) is 0. The quantitative estimate of drug-likeness (QED) is 0.815. The second-order valence-corrected chi connectivity index (χ2v) is 4.19. The van der Waals surface area contributed by atoms with Crippen molar-refractivity contribution in [2.75, 3.05) is 13.2 Å². The summed E-state index contributed by atoms with van der Waals surface area (Å²) in [6, 6.07) is 8.59. The molecule has 1 atom stereocenters. The third kappa shape index (κ3) is 1.81. The third-order valence-corrected chi connectivity index (χ3v) is 2.93. The van der Waals surface area contributed by atoms with Crippen LogP contribution in [0.25, 0.3) is 6.08 Å². The minimum absolute atomic E-state index is 0.445. The maximum absolute atomic E-state index is 5.71. The average Bonchev–Trinajstić information content (AvgIpc) is 2.82. The van der Waals surface area contributed by atoms with Crippen LogP contribution in [0.15, 0.2) is 34.8 Å². The Labute approximate surface area is 94.8 Å². The molecular formula is C13H14N2O. The molecule has 0 saturated heterocycles. The van der Waals surface area contributed by atoms with Crippen molar-refractivity contribution in [3.63, 3.8) is 0 Å². The lowest BCUT2D eigenvalue weighted by Gasteiger charge is -2.19. The molecule has 3 rings (SSSR count). The predicted octanol–water partition coefficient (Wildman–Crippen LogP) is 1.85. The van der Waals surface area contributed by atoms with Crippen LogP contribution < -0.4 is 10.1 Å². The van der Waals surface area contributed by atoms with Crippen molar-refractivity contribution in [2.45, 2.75) is 12.5 Å². The van der Waals surface area contributed by atoms with Gasteiger partial charge in [0.25, 0.3) is 0 Å². The van der Waals surface area contributed by atoms with E-state index >= 15 is 0 Å². The summed E-state index contributed by atoms with van der Waals surface area (Å²) in [5.41, 5.74) is 2.52. The van der Waals surface area contributed by atoms with Crippen LogP contribution in [-0.2, 0) is 0 Å². The SMILES string of the molecule is C1=NC[C@@H](CC2=Cc3ccccc3OC2)N1. The molecule has 1 aromatic carbocycles. The molecule has 0 radical (unpaired) electrons. The van der Waals surface area contributed by atoms with E-state index in [1.807, 2.05) is 18.2 Å². The number of benzene rings is 1. The van der Waals surface area contributed by atoms with Crippen LogP contribution in [0.5, 0.6) is 5.75 Å². The number of ether oxygens (including phenoxy) is 1. The predicted molar refractivity (Wildman–Crippen MR) is 64.8 cm³/mol. The molecule has 2 aliphatic heterocycles. The van der Waals surface area contributed by atoms with Gasteiger partial charge >= 0.3 is 0 Å². The molecule has 0 aromatic heterocycles. The summed E-state index contributed by atoms with van der Waals surface area (Å²) >= 11 is 0. The van der Waals surface area contributed by atoms with Crippen molar-refractivity contribution >= 4 is 12.4 Å². The minimum Gasteiger partial charge on any atom is -0.489 e. The summed E-state index contributed by atoms with van der Waals surface area (Å²) in [6.07, 6.45) is 5.04. The Bertz CT molecular complexity index is 443. The maximum atomic E-state index is 5.71. The van der Waals surface area contributed by atoms with E-state index in [0.29, 0.717) is 12.6 Å². The Hall–Kier alpha value is -1.77. The summed E-state index contributed by atoms with van der Waals surface area (Å²) < 4.78 is 5.71. The van der Waals surface area contributed by atoms with Crippen LogP contribution in [0.1, 0.15) is 12.0 Å². The van der Waals surface area contributed by atoms with E-state index in [2.05, 4.69) is 22.5 Å². The minimum atomic E-state index is 0.445. The normalized spacial score (nSPS) is 22.0. The van der Waals surface area contributed by atoms with Crippen LogP contribution in [0.3, 0.4) is 0 Å². The largest absolute Gasteiger partial charge is 0.489 e. The first-order valence-electron chi connectivity index (χ1n) is 5.57. The molecule has 2 aliphatic rings. The highest BCUT2D eigenvalue weighted by Gasteiger charge is 2.16. The zero-order valence-electron chi connectivity index (χ0n) is 9.02. The Kier molecular flexibility index (Phi) is 2.37. The van der Waals surface area contributed by atoms with Gasteiger partial charge in [0.05, 0.1) is 18.9 Å². The van der Waals surface area contributed by atoms with Crippen LogP contribution in [0, 0.1) is 0 Å². The summed E-state index contributed by atoms with van der Waals surface area (Å²) in [5.74, 6) is 0.988. The van der Waals surface area contributed by atoms with Gasteiger partial charge in [-0.1, -0.05) is 18.2 Å². The van der Waals surface area contributed by atoms with E-state index in [1.54, 1.807) is 6.34 Å². The summed E-state index contributed by atoms with van der Waals surface area (Å²) in [6.45, 7) is 1.58. The highest BCUT2D eigenvalue weighted by molar-refractivity contribution is 5.63. The standard InChI is InChI=1S/C13H14N2O/c1-2-4-13-11(3-1)5-10(8-16-13)6-12-7-14-9-15-12/h1-5,9,12H,6-8H2,(H,14,15)/t12-/m1/s1. The van der Waals surface area contributed by atoms with E-state index in [-0.39, 0.29) is 0 Å². The van der Waals surface area contributed by atoms with Crippen LogP contribution >= 0.6 is 0 Å². The van der Waals surface area contributed by atoms with Crippen LogP contribution in [0.4, 0.5) is 0 Å². The fraction of sp³-hybridized carbons (Fsp3) is 0.308. The van der Waals surface area contributed by atoms with Crippen molar-refractivity contribution < 1.29 is 4.74 Å². The number of aliphatic imine (C=N–C) groups is 1. The molecule has 0 spiro atoms. The molecule has 0 bridgehead atoms. The molecule has 1 N–H and O–H groups in total. The van der Waals surface area contributed by atoms with Crippen molar-refractivity contribution in [3.8, 4) is 5.75 Å². The second kappa shape index (κ2) is 4.00. The van der Waals surface area contributed by atoms with Gasteiger partial charge in [-0.3, -0.25) is 4.99 Å². The summed E-state index contributed by atoms with van der Waals surface area (Å²) in [4.78, 5) is 4.17. The van der Waals surface area contributed by atoms with Crippen LogP contribution in [-0.4, -0.2) is 25.5 Å². The van der Waals surface area contributed by atoms with Gasteiger partial charge in [-0.25, -0.2) is 0 Å². The van der Waals surface area contributed by atoms with Crippen LogP contribution in [0.2, 0.25) is 0 Å². The molecule has 3 heteroatoms. The van der Waals surface area contributed by atoms with Crippen molar-refractivity contribution in [3.05, 3.63) is 35.4 Å². The number of nitrogens with zero attached hydrogens (tertiary/aromatic N) is 1. The van der Waals surface area contributed by atoms with Gasteiger partial charge in [0, 0.05) is 5.56 Å². The zero-order valence-corrected chi connectivity index (χ0v) is 9.02. The van der Waals surface area contributed by atoms with Gasteiger partial charge in [0.15, 0.2) is 0 Å². The van der Waals surface area contributed by atoms with E-state index in [9.17, 15) is 0 Å². The molecule has 1 aromatic rings. The fourth-order valence-corrected chi connectivity index (χ4v) is 2.11. The number of nitrogens with one attached hydrogen (secondary N) is 1.